The average molecular weight is 296 g/mol. The summed E-state index contributed by atoms with van der Waals surface area (Å²) in [6.07, 6.45) is 1.90. The van der Waals surface area contributed by atoms with Gasteiger partial charge in [0.05, 0.1) is 4.90 Å². The molecule has 20 heavy (non-hydrogen) atoms. The molecule has 1 N–H and O–H groups in total. The number of nitrogens with one attached hydrogen (secondary N) is 1. The van der Waals surface area contributed by atoms with E-state index < -0.39 is 15.9 Å². The van der Waals surface area contributed by atoms with Gasteiger partial charge in [0, 0.05) is 25.4 Å². The number of likely N-dealkylation sites (tertiary alicyclic amines) is 1. The molecule has 2 amide bonds. The number of hydrogen-bond donors (Lipinski definition) is 1. The zero-order valence-electron chi connectivity index (χ0n) is 11.3. The molecule has 0 saturated carbocycles. The molecule has 0 bridgehead atoms. The molecular formula is C13H16N2O4S. The van der Waals surface area contributed by atoms with E-state index in [9.17, 15) is 18.0 Å². The van der Waals surface area contributed by atoms with E-state index in [1.807, 2.05) is 0 Å². The Morgan fingerprint density at radius 3 is 2.35 bits per heavy atom. The Morgan fingerprint density at radius 2 is 1.80 bits per heavy atom. The van der Waals surface area contributed by atoms with Gasteiger partial charge >= 0.3 is 0 Å². The largest absolute Gasteiger partial charge is 0.374 e. The maximum atomic E-state index is 11.9. The van der Waals surface area contributed by atoms with E-state index in [1.54, 1.807) is 12.1 Å². The molecule has 0 radical (unpaired) electrons. The Bertz CT molecular complexity index is 637. The molecule has 0 aromatic heterocycles. The summed E-state index contributed by atoms with van der Waals surface area (Å²) in [5, 5.41) is 3.02. The van der Waals surface area contributed by atoms with Gasteiger partial charge in [0.15, 0.2) is 9.84 Å². The highest BCUT2D eigenvalue weighted by Crippen LogP contribution is 2.19. The van der Waals surface area contributed by atoms with E-state index >= 15 is 0 Å². The van der Waals surface area contributed by atoms with Gasteiger partial charge in [0.2, 0.25) is 5.91 Å². The lowest BCUT2D eigenvalue weighted by Crippen LogP contribution is -2.48. The molecule has 1 atom stereocenters. The summed E-state index contributed by atoms with van der Waals surface area (Å²) in [5.41, 5.74) is 0.651. The van der Waals surface area contributed by atoms with Crippen LogP contribution in [0.5, 0.6) is 0 Å². The zero-order valence-corrected chi connectivity index (χ0v) is 12.1. The number of amides is 2. The quantitative estimate of drug-likeness (QED) is 0.828. The van der Waals surface area contributed by atoms with Gasteiger partial charge < -0.3 is 5.32 Å². The van der Waals surface area contributed by atoms with Crippen molar-refractivity contribution in [2.45, 2.75) is 23.8 Å². The number of carbonyl (C=O) groups is 2. The lowest BCUT2D eigenvalue weighted by Gasteiger charge is -2.28. The fraction of sp³-hybridized carbons (Fsp3) is 0.385. The number of piperidine rings is 1. The van der Waals surface area contributed by atoms with Crippen LogP contribution in [-0.4, -0.2) is 44.5 Å². The number of imide groups is 1. The second-order valence-corrected chi connectivity index (χ2v) is 6.84. The van der Waals surface area contributed by atoms with Crippen LogP contribution < -0.4 is 5.32 Å². The van der Waals surface area contributed by atoms with Crippen molar-refractivity contribution < 1.29 is 18.0 Å². The molecule has 1 fully saturated rings. The lowest BCUT2D eigenvalue weighted by atomic mass is 10.0. The first-order chi connectivity index (χ1) is 9.29. The van der Waals surface area contributed by atoms with Gasteiger partial charge in [-0.3, -0.25) is 14.5 Å². The second kappa shape index (κ2) is 5.24. The van der Waals surface area contributed by atoms with Crippen molar-refractivity contribution in [2.24, 2.45) is 0 Å². The number of rotatable bonds is 3. The van der Waals surface area contributed by atoms with Crippen LogP contribution in [0.1, 0.15) is 12.8 Å². The van der Waals surface area contributed by atoms with Crippen molar-refractivity contribution >= 4 is 27.3 Å². The van der Waals surface area contributed by atoms with Crippen molar-refractivity contribution in [3.63, 3.8) is 0 Å². The van der Waals surface area contributed by atoms with Gasteiger partial charge in [-0.2, -0.15) is 0 Å². The van der Waals surface area contributed by atoms with Gasteiger partial charge in [-0.1, -0.05) is 0 Å². The number of anilines is 1. The smallest absolute Gasteiger partial charge is 0.251 e. The van der Waals surface area contributed by atoms with Crippen molar-refractivity contribution in [1.29, 1.82) is 0 Å². The Labute approximate surface area is 117 Å². The van der Waals surface area contributed by atoms with Gasteiger partial charge in [-0.25, -0.2) is 8.42 Å². The topological polar surface area (TPSA) is 83.6 Å². The van der Waals surface area contributed by atoms with Gasteiger partial charge in [-0.15, -0.1) is 0 Å². The summed E-state index contributed by atoms with van der Waals surface area (Å²) in [6, 6.07) is 5.74. The van der Waals surface area contributed by atoms with E-state index in [2.05, 4.69) is 5.32 Å². The number of carbonyl (C=O) groups excluding carboxylic acids is 2. The Balaban J connectivity index is 2.11. The maximum Gasteiger partial charge on any atom is 0.251 e. The van der Waals surface area contributed by atoms with E-state index in [-0.39, 0.29) is 16.7 Å². The number of hydrogen-bond acceptors (Lipinski definition) is 5. The molecular weight excluding hydrogens is 280 g/mol. The molecule has 108 valence electrons. The minimum Gasteiger partial charge on any atom is -0.374 e. The third-order valence-corrected chi connectivity index (χ3v) is 4.40. The van der Waals surface area contributed by atoms with Crippen LogP contribution in [0.25, 0.3) is 0 Å². The van der Waals surface area contributed by atoms with Gasteiger partial charge in [0.25, 0.3) is 5.91 Å². The van der Waals surface area contributed by atoms with Crippen molar-refractivity contribution in [3.05, 3.63) is 24.3 Å². The van der Waals surface area contributed by atoms with E-state index in [0.717, 1.165) is 11.2 Å². The molecule has 2 rings (SSSR count). The first-order valence-corrected chi connectivity index (χ1v) is 8.05. The van der Waals surface area contributed by atoms with Crippen LogP contribution in [0.4, 0.5) is 5.69 Å². The summed E-state index contributed by atoms with van der Waals surface area (Å²) in [5.74, 6) is -0.450. The summed E-state index contributed by atoms with van der Waals surface area (Å²) in [7, 11) is -1.76. The third kappa shape index (κ3) is 2.98. The number of benzene rings is 1. The molecule has 1 unspecified atom stereocenters. The molecule has 1 aromatic carbocycles. The highest BCUT2D eigenvalue weighted by Gasteiger charge is 2.31. The average Bonchev–Trinajstić information content (AvgIpc) is 2.39. The Morgan fingerprint density at radius 1 is 1.20 bits per heavy atom. The van der Waals surface area contributed by atoms with Crippen LogP contribution in [0.2, 0.25) is 0 Å². The molecule has 0 spiro atoms. The van der Waals surface area contributed by atoms with Crippen molar-refractivity contribution in [2.75, 3.05) is 18.6 Å². The predicted octanol–water partition coefficient (Wildman–Crippen LogP) is 0.649. The van der Waals surface area contributed by atoms with Crippen molar-refractivity contribution in [3.8, 4) is 0 Å². The highest BCUT2D eigenvalue weighted by atomic mass is 32.2. The lowest BCUT2D eigenvalue weighted by molar-refractivity contribution is -0.146. The first-order valence-electron chi connectivity index (χ1n) is 6.16. The van der Waals surface area contributed by atoms with Crippen LogP contribution in [-0.2, 0) is 19.4 Å². The molecule has 1 saturated heterocycles. The predicted molar refractivity (Wildman–Crippen MR) is 74.0 cm³/mol. The fourth-order valence-corrected chi connectivity index (χ4v) is 2.68. The van der Waals surface area contributed by atoms with Crippen LogP contribution in [0.15, 0.2) is 29.2 Å². The number of sulfone groups is 1. The maximum absolute atomic E-state index is 11.9. The minimum atomic E-state index is -3.23. The molecule has 6 nitrogen and oxygen atoms in total. The molecule has 1 heterocycles. The SMILES string of the molecule is CN1C(=O)CCC(Nc2ccc(S(C)(=O)=O)cc2)C1=O. The Hall–Kier alpha value is -1.89. The van der Waals surface area contributed by atoms with Crippen LogP contribution in [0.3, 0.4) is 0 Å². The van der Waals surface area contributed by atoms with Crippen LogP contribution in [0, 0.1) is 0 Å². The zero-order chi connectivity index (χ0) is 14.9. The molecule has 1 aromatic rings. The monoisotopic (exact) mass is 296 g/mol. The summed E-state index contributed by atoms with van der Waals surface area (Å²) in [6.45, 7) is 0. The second-order valence-electron chi connectivity index (χ2n) is 4.82. The first kappa shape index (κ1) is 14.5. The van der Waals surface area contributed by atoms with Crippen molar-refractivity contribution in [1.82, 2.24) is 4.90 Å². The molecule has 7 heteroatoms. The van der Waals surface area contributed by atoms with Gasteiger partial charge in [-0.05, 0) is 30.7 Å². The highest BCUT2D eigenvalue weighted by molar-refractivity contribution is 7.90. The molecule has 1 aliphatic heterocycles. The van der Waals surface area contributed by atoms with E-state index in [4.69, 9.17) is 0 Å². The standard InChI is InChI=1S/C13H16N2O4S/c1-15-12(16)8-7-11(13(15)17)14-9-3-5-10(6-4-9)20(2,18)19/h3-6,11,14H,7-8H2,1-2H3. The van der Waals surface area contributed by atoms with Gasteiger partial charge in [0.1, 0.15) is 6.04 Å². The normalized spacial score (nSPS) is 20.1. The van der Waals surface area contributed by atoms with Crippen LogP contribution >= 0.6 is 0 Å². The number of likely N-dealkylation sites (N-methyl/N-ethyl adjacent to an activating group) is 1. The van der Waals surface area contributed by atoms with E-state index in [0.29, 0.717) is 18.5 Å². The third-order valence-electron chi connectivity index (χ3n) is 3.27. The summed E-state index contributed by atoms with van der Waals surface area (Å²) in [4.78, 5) is 24.6. The molecule has 1 aliphatic rings. The molecule has 0 aliphatic carbocycles. The summed E-state index contributed by atoms with van der Waals surface area (Å²) < 4.78 is 22.7. The minimum absolute atomic E-state index is 0.180. The Kier molecular flexibility index (Phi) is 3.80. The fourth-order valence-electron chi connectivity index (χ4n) is 2.05. The summed E-state index contributed by atoms with van der Waals surface area (Å²) >= 11 is 0. The van der Waals surface area contributed by atoms with E-state index in [1.165, 1.54) is 19.2 Å². The number of nitrogens with zero attached hydrogens (tertiary/aromatic N) is 1.